The first-order valence-electron chi connectivity index (χ1n) is 8.08. The number of thiophene rings is 1. The van der Waals surface area contributed by atoms with E-state index in [0.29, 0.717) is 12.8 Å². The first kappa shape index (κ1) is 13.0. The van der Waals surface area contributed by atoms with Crippen LogP contribution >= 0.6 is 11.3 Å². The Labute approximate surface area is 134 Å². The number of aryl methyl sites for hydroxylation is 1. The maximum atomic E-state index is 5.60. The van der Waals surface area contributed by atoms with E-state index in [4.69, 9.17) is 9.47 Å². The second kappa shape index (κ2) is 4.74. The highest BCUT2D eigenvalue weighted by atomic mass is 32.1. The van der Waals surface area contributed by atoms with Crippen LogP contribution in [0.5, 0.6) is 11.5 Å². The molecule has 3 nitrogen and oxygen atoms in total. The lowest BCUT2D eigenvalue weighted by atomic mass is 9.86. The number of fused-ring (bicyclic) bond motifs is 5. The van der Waals surface area contributed by atoms with Crippen LogP contribution in [0.3, 0.4) is 0 Å². The van der Waals surface area contributed by atoms with E-state index in [1.807, 2.05) is 11.3 Å². The zero-order chi connectivity index (χ0) is 14.7. The lowest BCUT2D eigenvalue weighted by Crippen LogP contribution is -2.38. The highest BCUT2D eigenvalue weighted by molar-refractivity contribution is 7.12. The second-order valence-electron chi connectivity index (χ2n) is 6.36. The number of nitrogens with zero attached hydrogens (tertiary/aromatic N) is 1. The van der Waals surface area contributed by atoms with Crippen molar-refractivity contribution in [2.75, 3.05) is 13.3 Å². The van der Waals surface area contributed by atoms with E-state index >= 15 is 0 Å². The summed E-state index contributed by atoms with van der Waals surface area (Å²) < 4.78 is 11.1. The van der Waals surface area contributed by atoms with Gasteiger partial charge >= 0.3 is 0 Å². The van der Waals surface area contributed by atoms with Crippen LogP contribution in [0.25, 0.3) is 0 Å². The summed E-state index contributed by atoms with van der Waals surface area (Å²) in [5.74, 6) is 1.85. The highest BCUT2D eigenvalue weighted by Gasteiger charge is 2.34. The van der Waals surface area contributed by atoms with E-state index in [1.165, 1.54) is 16.0 Å². The molecule has 22 heavy (non-hydrogen) atoms. The number of hydrogen-bond donors (Lipinski definition) is 0. The summed E-state index contributed by atoms with van der Waals surface area (Å²) in [5, 5.41) is 0. The summed E-state index contributed by atoms with van der Waals surface area (Å²) in [6.45, 7) is 4.86. The molecule has 0 saturated heterocycles. The number of rotatable bonds is 1. The summed E-state index contributed by atoms with van der Waals surface area (Å²) in [6.07, 6.45) is 3.41. The van der Waals surface area contributed by atoms with Crippen molar-refractivity contribution in [3.05, 3.63) is 44.6 Å². The average molecular weight is 313 g/mol. The predicted molar refractivity (Wildman–Crippen MR) is 86.8 cm³/mol. The molecule has 0 saturated carbocycles. The Balaban J connectivity index is 1.56. The van der Waals surface area contributed by atoms with Crippen LogP contribution in [0.4, 0.5) is 0 Å². The molecule has 4 heterocycles. The Bertz CT molecular complexity index is 752. The van der Waals surface area contributed by atoms with E-state index in [9.17, 15) is 0 Å². The van der Waals surface area contributed by atoms with Gasteiger partial charge in [0.2, 0.25) is 6.79 Å². The average Bonchev–Trinajstić information content (AvgIpc) is 3.16. The third kappa shape index (κ3) is 1.83. The van der Waals surface area contributed by atoms with Crippen molar-refractivity contribution >= 4 is 11.3 Å². The maximum Gasteiger partial charge on any atom is 0.231 e. The standard InChI is InChI=1S/C18H19NO2S/c1-2-13-5-12-9-19-4-3-11-6-16-17(21-10-20-16)7-14(11)15(19)8-18(12)22-13/h5-7,15H,2-4,8-10H2,1H3. The highest BCUT2D eigenvalue weighted by Crippen LogP contribution is 2.45. The summed E-state index contributed by atoms with van der Waals surface area (Å²) >= 11 is 2.01. The van der Waals surface area contributed by atoms with Gasteiger partial charge in [0.15, 0.2) is 11.5 Å². The zero-order valence-corrected chi connectivity index (χ0v) is 13.5. The maximum absolute atomic E-state index is 5.60. The third-order valence-electron chi connectivity index (χ3n) is 5.15. The first-order valence-corrected chi connectivity index (χ1v) is 8.90. The van der Waals surface area contributed by atoms with Crippen LogP contribution in [-0.2, 0) is 25.8 Å². The molecule has 3 aliphatic rings. The molecule has 1 aromatic heterocycles. The molecule has 4 heteroatoms. The van der Waals surface area contributed by atoms with Crippen LogP contribution in [0, 0.1) is 0 Å². The Kier molecular flexibility index (Phi) is 2.79. The van der Waals surface area contributed by atoms with Gasteiger partial charge in [-0.2, -0.15) is 0 Å². The fourth-order valence-corrected chi connectivity index (χ4v) is 5.13. The quantitative estimate of drug-likeness (QED) is 0.801. The molecule has 1 unspecified atom stereocenters. The molecule has 2 aromatic rings. The molecule has 114 valence electrons. The zero-order valence-electron chi connectivity index (χ0n) is 12.7. The fourth-order valence-electron chi connectivity index (χ4n) is 3.97. The Hall–Kier alpha value is -1.52. The molecule has 0 spiro atoms. The van der Waals surface area contributed by atoms with Gasteiger partial charge in [0.1, 0.15) is 0 Å². The normalized spacial score (nSPS) is 22.1. The van der Waals surface area contributed by atoms with Crippen molar-refractivity contribution in [1.82, 2.24) is 4.90 Å². The first-order chi connectivity index (χ1) is 10.8. The van der Waals surface area contributed by atoms with Gasteiger partial charge in [-0.1, -0.05) is 6.92 Å². The van der Waals surface area contributed by atoms with Crippen LogP contribution in [0.1, 0.15) is 39.4 Å². The summed E-state index contributed by atoms with van der Waals surface area (Å²) in [4.78, 5) is 5.75. The van der Waals surface area contributed by atoms with Gasteiger partial charge in [-0.25, -0.2) is 0 Å². The molecule has 0 aliphatic carbocycles. The summed E-state index contributed by atoms with van der Waals surface area (Å²) in [7, 11) is 0. The second-order valence-corrected chi connectivity index (χ2v) is 7.58. The van der Waals surface area contributed by atoms with Gasteiger partial charge < -0.3 is 9.47 Å². The predicted octanol–water partition coefficient (Wildman–Crippen LogP) is 3.69. The van der Waals surface area contributed by atoms with Gasteiger partial charge in [-0.05, 0) is 47.7 Å². The van der Waals surface area contributed by atoms with Gasteiger partial charge in [-0.3, -0.25) is 4.90 Å². The molecule has 0 amide bonds. The van der Waals surface area contributed by atoms with Gasteiger partial charge in [-0.15, -0.1) is 11.3 Å². The monoisotopic (exact) mass is 313 g/mol. The number of benzene rings is 1. The molecule has 0 bridgehead atoms. The van der Waals surface area contributed by atoms with Crippen molar-refractivity contribution in [3.63, 3.8) is 0 Å². The molecular weight excluding hydrogens is 294 g/mol. The van der Waals surface area contributed by atoms with Crippen molar-refractivity contribution < 1.29 is 9.47 Å². The van der Waals surface area contributed by atoms with Crippen molar-refractivity contribution in [2.24, 2.45) is 0 Å². The van der Waals surface area contributed by atoms with Crippen molar-refractivity contribution in [1.29, 1.82) is 0 Å². The smallest absolute Gasteiger partial charge is 0.231 e. The van der Waals surface area contributed by atoms with Gasteiger partial charge in [0.25, 0.3) is 0 Å². The van der Waals surface area contributed by atoms with E-state index < -0.39 is 0 Å². The third-order valence-corrected chi connectivity index (χ3v) is 6.49. The summed E-state index contributed by atoms with van der Waals surface area (Å²) in [6, 6.07) is 7.37. The molecule has 5 rings (SSSR count). The Morgan fingerprint density at radius 1 is 1.18 bits per heavy atom. The van der Waals surface area contributed by atoms with Crippen LogP contribution < -0.4 is 9.47 Å². The SMILES string of the molecule is CCc1cc2c(s1)CC1c3cc4c(cc3CCN1C2)OCO4. The van der Waals surface area contributed by atoms with Crippen LogP contribution in [0.2, 0.25) is 0 Å². The van der Waals surface area contributed by atoms with Gasteiger partial charge in [0, 0.05) is 35.3 Å². The minimum Gasteiger partial charge on any atom is -0.454 e. The van der Waals surface area contributed by atoms with Crippen LogP contribution in [-0.4, -0.2) is 18.2 Å². The van der Waals surface area contributed by atoms with E-state index in [-0.39, 0.29) is 0 Å². The lowest BCUT2D eigenvalue weighted by molar-refractivity contribution is 0.162. The molecule has 1 aromatic carbocycles. The molecule has 0 radical (unpaired) electrons. The summed E-state index contributed by atoms with van der Waals surface area (Å²) in [5.41, 5.74) is 4.45. The Morgan fingerprint density at radius 2 is 2.05 bits per heavy atom. The Morgan fingerprint density at radius 3 is 2.91 bits per heavy atom. The van der Waals surface area contributed by atoms with Crippen molar-refractivity contribution in [3.8, 4) is 11.5 Å². The van der Waals surface area contributed by atoms with E-state index in [1.54, 1.807) is 10.4 Å². The van der Waals surface area contributed by atoms with Crippen LogP contribution in [0.15, 0.2) is 18.2 Å². The topological polar surface area (TPSA) is 21.7 Å². The van der Waals surface area contributed by atoms with E-state index in [2.05, 4.69) is 30.0 Å². The van der Waals surface area contributed by atoms with E-state index in [0.717, 1.165) is 43.9 Å². The molecule has 1 atom stereocenters. The molecular formula is C18H19NO2S. The van der Waals surface area contributed by atoms with Crippen molar-refractivity contribution in [2.45, 2.75) is 38.8 Å². The fraction of sp³-hybridized carbons (Fsp3) is 0.444. The molecule has 3 aliphatic heterocycles. The number of ether oxygens (including phenoxy) is 2. The molecule has 0 fully saturated rings. The lowest BCUT2D eigenvalue weighted by Gasteiger charge is -2.40. The minimum atomic E-state index is 0.363. The minimum absolute atomic E-state index is 0.363. The number of hydrogen-bond acceptors (Lipinski definition) is 4. The van der Waals surface area contributed by atoms with Gasteiger partial charge in [0.05, 0.1) is 0 Å². The molecule has 0 N–H and O–H groups in total. The largest absolute Gasteiger partial charge is 0.454 e.